The highest BCUT2D eigenvalue weighted by atomic mass is 32.1. The molecule has 0 bridgehead atoms. The Balaban J connectivity index is 2.01. The van der Waals surface area contributed by atoms with Crippen LogP contribution in [0.15, 0.2) is 11.0 Å². The van der Waals surface area contributed by atoms with Gasteiger partial charge in [-0.05, 0) is 20.8 Å². The smallest absolute Gasteiger partial charge is 0.328 e. The minimum absolute atomic E-state index is 0.224. The maximum atomic E-state index is 13.6. The molecule has 0 aromatic carbocycles. The third kappa shape index (κ3) is 2.12. The molecule has 1 N–H and O–H groups in total. The zero-order valence-corrected chi connectivity index (χ0v) is 12.1. The van der Waals surface area contributed by atoms with Gasteiger partial charge in [0, 0.05) is 0 Å². The third-order valence-electron chi connectivity index (χ3n) is 3.46. The van der Waals surface area contributed by atoms with Gasteiger partial charge >= 0.3 is 5.69 Å². The molecule has 0 saturated carbocycles. The highest BCUT2D eigenvalue weighted by Gasteiger charge is 2.54. The Kier molecular flexibility index (Phi) is 3.09. The number of nitrogens with one attached hydrogen (secondary N) is 1. The van der Waals surface area contributed by atoms with E-state index in [-0.39, 0.29) is 16.8 Å². The summed E-state index contributed by atoms with van der Waals surface area (Å²) in [7, 11) is 0. The first-order valence-electron chi connectivity index (χ1n) is 6.30. The van der Waals surface area contributed by atoms with Gasteiger partial charge in [-0.3, -0.25) is 9.55 Å². The molecule has 110 valence electrons. The van der Waals surface area contributed by atoms with Crippen molar-refractivity contribution >= 4 is 12.2 Å². The molecule has 1 aromatic heterocycles. The van der Waals surface area contributed by atoms with Gasteiger partial charge in [0.15, 0.2) is 17.8 Å². The lowest BCUT2D eigenvalue weighted by Crippen LogP contribution is -2.35. The summed E-state index contributed by atoms with van der Waals surface area (Å²) in [6.45, 7) is 5.41. The number of hydrogen-bond donors (Lipinski definition) is 1. The number of hydrogen-bond acceptors (Lipinski definition) is 5. The molecule has 1 aromatic rings. The van der Waals surface area contributed by atoms with Gasteiger partial charge in [-0.25, -0.2) is 9.18 Å². The van der Waals surface area contributed by atoms with E-state index in [1.165, 1.54) is 0 Å². The summed E-state index contributed by atoms with van der Waals surface area (Å²) in [6.07, 6.45) is -0.736. The van der Waals surface area contributed by atoms with E-state index in [1.807, 2.05) is 6.92 Å². The zero-order chi connectivity index (χ0) is 14.7. The van der Waals surface area contributed by atoms with E-state index in [0.29, 0.717) is 0 Å². The number of fused-ring (bicyclic) bond motifs is 1. The van der Waals surface area contributed by atoms with Crippen LogP contribution in [0.5, 0.6) is 0 Å². The summed E-state index contributed by atoms with van der Waals surface area (Å²) in [5.74, 6) is -1.44. The molecule has 8 heteroatoms. The maximum Gasteiger partial charge on any atom is 0.328 e. The Morgan fingerprint density at radius 1 is 1.40 bits per heavy atom. The van der Waals surface area contributed by atoms with Crippen LogP contribution in [0.1, 0.15) is 27.0 Å². The lowest BCUT2D eigenvalue weighted by molar-refractivity contribution is -0.195. The molecule has 2 fully saturated rings. The molecular weight excluding hydrogens is 290 g/mol. The van der Waals surface area contributed by atoms with Gasteiger partial charge in [-0.2, -0.15) is 0 Å². The molecule has 2 aliphatic heterocycles. The monoisotopic (exact) mass is 305 g/mol. The van der Waals surface area contributed by atoms with Crippen molar-refractivity contribution < 1.29 is 18.6 Å². The Morgan fingerprint density at radius 2 is 2.05 bits per heavy atom. The molecule has 4 atom stereocenters. The van der Waals surface area contributed by atoms with Crippen molar-refractivity contribution in [3.63, 3.8) is 0 Å². The lowest BCUT2D eigenvalue weighted by Gasteiger charge is -2.23. The predicted molar refractivity (Wildman–Crippen MR) is 69.3 cm³/mol. The maximum absolute atomic E-state index is 13.6. The Bertz CT molecular complexity index is 656. The average molecular weight is 305 g/mol. The van der Waals surface area contributed by atoms with Crippen LogP contribution in [0.2, 0.25) is 0 Å². The molecule has 0 amide bonds. The molecule has 3 rings (SSSR count). The van der Waals surface area contributed by atoms with Crippen LogP contribution < -0.4 is 5.69 Å². The first-order chi connectivity index (χ1) is 9.28. The fourth-order valence-electron chi connectivity index (χ4n) is 2.65. The largest absolute Gasteiger partial charge is 0.349 e. The van der Waals surface area contributed by atoms with Crippen LogP contribution in [0, 0.1) is 10.5 Å². The minimum atomic E-state index is -0.755. The van der Waals surface area contributed by atoms with Gasteiger partial charge in [-0.1, -0.05) is 12.2 Å². The average Bonchev–Trinajstić information content (AvgIpc) is 2.80. The predicted octanol–water partition coefficient (Wildman–Crippen LogP) is 1.48. The van der Waals surface area contributed by atoms with E-state index in [1.54, 1.807) is 13.8 Å². The molecule has 2 saturated heterocycles. The van der Waals surface area contributed by atoms with E-state index in [0.717, 1.165) is 10.8 Å². The number of halogens is 1. The van der Waals surface area contributed by atoms with E-state index < -0.39 is 29.6 Å². The van der Waals surface area contributed by atoms with Gasteiger partial charge in [0.2, 0.25) is 0 Å². The van der Waals surface area contributed by atoms with Crippen molar-refractivity contribution in [2.24, 2.45) is 0 Å². The summed E-state index contributed by atoms with van der Waals surface area (Å²) in [4.78, 5) is 14.2. The lowest BCUT2D eigenvalue weighted by atomic mass is 10.1. The summed E-state index contributed by atoms with van der Waals surface area (Å²) in [5.41, 5.74) is -0.539. The molecule has 0 unspecified atom stereocenters. The van der Waals surface area contributed by atoms with Crippen LogP contribution in [0.3, 0.4) is 0 Å². The molecule has 0 spiro atoms. The summed E-state index contributed by atoms with van der Waals surface area (Å²) < 4.78 is 31.7. The molecule has 0 aliphatic carbocycles. The Morgan fingerprint density at radius 3 is 2.75 bits per heavy atom. The quantitative estimate of drug-likeness (QED) is 0.796. The Labute approximate surface area is 119 Å². The fraction of sp³-hybridized carbons (Fsp3) is 0.667. The van der Waals surface area contributed by atoms with E-state index >= 15 is 0 Å². The topological polar surface area (TPSA) is 65.5 Å². The van der Waals surface area contributed by atoms with Crippen molar-refractivity contribution in [3.05, 3.63) is 27.1 Å². The summed E-state index contributed by atoms with van der Waals surface area (Å²) >= 11 is 4.69. The number of aromatic amines is 1. The zero-order valence-electron chi connectivity index (χ0n) is 11.3. The highest BCUT2D eigenvalue weighted by Crippen LogP contribution is 2.42. The summed E-state index contributed by atoms with van der Waals surface area (Å²) in [6, 6.07) is 0. The second-order valence-corrected chi connectivity index (χ2v) is 5.85. The number of rotatable bonds is 1. The molecule has 2 aliphatic rings. The van der Waals surface area contributed by atoms with Crippen LogP contribution in [-0.4, -0.2) is 33.7 Å². The molecule has 20 heavy (non-hydrogen) atoms. The second kappa shape index (κ2) is 4.45. The number of nitrogens with zero attached hydrogens (tertiary/aromatic N) is 1. The summed E-state index contributed by atoms with van der Waals surface area (Å²) in [5, 5.41) is 0. The first kappa shape index (κ1) is 13.9. The van der Waals surface area contributed by atoms with Crippen molar-refractivity contribution in [2.75, 3.05) is 0 Å². The van der Waals surface area contributed by atoms with Crippen molar-refractivity contribution in [3.8, 4) is 0 Å². The normalized spacial score (nSPS) is 35.2. The molecule has 0 radical (unpaired) electrons. The van der Waals surface area contributed by atoms with E-state index in [4.69, 9.17) is 14.2 Å². The van der Waals surface area contributed by atoms with E-state index in [9.17, 15) is 9.18 Å². The van der Waals surface area contributed by atoms with Gasteiger partial charge in [-0.15, -0.1) is 0 Å². The van der Waals surface area contributed by atoms with Gasteiger partial charge in [0.25, 0.3) is 0 Å². The van der Waals surface area contributed by atoms with Gasteiger partial charge in [0.05, 0.1) is 12.3 Å². The van der Waals surface area contributed by atoms with Gasteiger partial charge < -0.3 is 14.2 Å². The standard InChI is InChI=1S/C12H15FN2O4S/c1-5-7-8(19-12(2,3)18-7)10(17-5)15-4-6(13)9(20)14-11(15)16/h4-5,7-8,10H,1-3H3,(H,14,16,20)/t5-,7-,8-,10-/m1/s1/i11+1,14+1,15+1. The van der Waals surface area contributed by atoms with Crippen LogP contribution in [-0.2, 0) is 14.2 Å². The first-order valence-corrected chi connectivity index (χ1v) is 6.71. The molecule has 6 nitrogen and oxygen atoms in total. The van der Waals surface area contributed by atoms with E-state index in [2.05, 4.69) is 17.2 Å². The van der Waals surface area contributed by atoms with Crippen LogP contribution in [0.4, 0.5) is 4.39 Å². The molecular formula is C12H15FN2O4S. The SMILES string of the molecule is C[C@H]1O[C@@H]([15n]2cc(F)c(=S)[15nH][13c]2=O)[C@@H]2OC(C)(C)O[C@@H]21. The van der Waals surface area contributed by atoms with Crippen LogP contribution >= 0.6 is 12.2 Å². The van der Waals surface area contributed by atoms with Crippen molar-refractivity contribution in [2.45, 2.75) is 51.1 Å². The van der Waals surface area contributed by atoms with Gasteiger partial charge in [0.1, 0.15) is 16.8 Å². The Hall–Kier alpha value is -1.09. The minimum Gasteiger partial charge on any atom is -0.349 e. The number of aromatic nitrogens is 2. The highest BCUT2D eigenvalue weighted by molar-refractivity contribution is 7.71. The molecule has 3 heterocycles. The van der Waals surface area contributed by atoms with Crippen molar-refractivity contribution in [1.29, 1.82) is 0 Å². The van der Waals surface area contributed by atoms with Crippen LogP contribution in [0.25, 0.3) is 0 Å². The second-order valence-electron chi connectivity index (χ2n) is 5.44. The van der Waals surface area contributed by atoms with Crippen molar-refractivity contribution in [1.82, 2.24) is 9.55 Å². The number of ether oxygens (including phenoxy) is 3. The fourth-order valence-corrected chi connectivity index (χ4v) is 2.79. The number of H-pyrrole nitrogens is 1. The third-order valence-corrected chi connectivity index (χ3v) is 3.76.